The van der Waals surface area contributed by atoms with Gasteiger partial charge in [-0.05, 0) is 87.3 Å². The van der Waals surface area contributed by atoms with Crippen LogP contribution in [-0.4, -0.2) is 21.7 Å². The highest BCUT2D eigenvalue weighted by Crippen LogP contribution is 2.61. The molecule has 0 saturated heterocycles. The average Bonchev–Trinajstić information content (AvgIpc) is 3.28. The second kappa shape index (κ2) is 8.73. The fraction of sp³-hybridized carbons (Fsp3) is 0.552. The first-order valence-corrected chi connectivity index (χ1v) is 13.2. The van der Waals surface area contributed by atoms with E-state index in [-0.39, 0.29) is 22.9 Å². The minimum absolute atomic E-state index is 0.0844. The highest BCUT2D eigenvalue weighted by Gasteiger charge is 2.53. The lowest BCUT2D eigenvalue weighted by Crippen LogP contribution is -2.49. The summed E-state index contributed by atoms with van der Waals surface area (Å²) in [5.41, 5.74) is 3.35. The summed E-state index contributed by atoms with van der Waals surface area (Å²) in [7, 11) is 0. The molecule has 0 atom stereocenters. The zero-order chi connectivity index (χ0) is 23.1. The second-order valence-electron chi connectivity index (χ2n) is 11.4. The van der Waals surface area contributed by atoms with Crippen LogP contribution < -0.4 is 5.32 Å². The molecule has 1 N–H and O–H groups in total. The second-order valence-corrected chi connectivity index (χ2v) is 11.4. The normalized spacial score (nSPS) is 30.8. The van der Waals surface area contributed by atoms with Crippen molar-refractivity contribution in [2.75, 3.05) is 0 Å². The van der Waals surface area contributed by atoms with Crippen LogP contribution in [0, 0.1) is 29.1 Å². The molecule has 5 heteroatoms. The van der Waals surface area contributed by atoms with Gasteiger partial charge in [0.25, 0.3) is 5.91 Å². The van der Waals surface area contributed by atoms with E-state index in [2.05, 4.69) is 23.5 Å². The van der Waals surface area contributed by atoms with Gasteiger partial charge in [0.05, 0.1) is 11.4 Å². The van der Waals surface area contributed by atoms with Crippen LogP contribution in [0.25, 0.3) is 11.8 Å². The zero-order valence-corrected chi connectivity index (χ0v) is 19.9. The highest BCUT2D eigenvalue weighted by molar-refractivity contribution is 6.02. The number of carbonyl (C=O) groups is 1. The predicted molar refractivity (Wildman–Crippen MR) is 132 cm³/mol. The van der Waals surface area contributed by atoms with Crippen molar-refractivity contribution in [3.63, 3.8) is 0 Å². The third kappa shape index (κ3) is 3.98. The van der Waals surface area contributed by atoms with Gasteiger partial charge in [-0.1, -0.05) is 37.5 Å². The minimum Gasteiger partial charge on any atom is -0.349 e. The Bertz CT molecular complexity index is 1100. The Morgan fingerprint density at radius 1 is 1.03 bits per heavy atom. The van der Waals surface area contributed by atoms with Gasteiger partial charge in [-0.2, -0.15) is 10.4 Å². The molecule has 2 aromatic rings. The van der Waals surface area contributed by atoms with Gasteiger partial charge < -0.3 is 5.32 Å². The standard InChI is InChI=1S/C29H34N4O/c30-18-23(28(34)31-25-7-3-1-4-8-25)14-24-19-33(26-9-5-2-6-10-26)32-27(24)29-15-20-11-21(16-29)13-22(12-20)17-29/h2,5-6,9-10,14,19-22,25H,1,3-4,7-8,11-13,15-17H2,(H,31,34)/b23-14-. The maximum atomic E-state index is 13.1. The molecule has 0 aliphatic heterocycles. The van der Waals surface area contributed by atoms with Gasteiger partial charge in [-0.15, -0.1) is 0 Å². The molecular weight excluding hydrogens is 420 g/mol. The van der Waals surface area contributed by atoms with Crippen LogP contribution in [0.3, 0.4) is 0 Å². The van der Waals surface area contributed by atoms with E-state index in [1.807, 2.05) is 35.2 Å². The predicted octanol–water partition coefficient (Wildman–Crippen LogP) is 5.70. The Kier molecular flexibility index (Phi) is 5.56. The maximum Gasteiger partial charge on any atom is 0.262 e. The number of hydrogen-bond donors (Lipinski definition) is 1. The molecule has 5 saturated carbocycles. The molecule has 0 radical (unpaired) electrons. The quantitative estimate of drug-likeness (QED) is 0.466. The average molecular weight is 455 g/mol. The van der Waals surface area contributed by atoms with Crippen LogP contribution in [0.5, 0.6) is 0 Å². The number of carbonyl (C=O) groups excluding carboxylic acids is 1. The number of aromatic nitrogens is 2. The molecule has 5 fully saturated rings. The molecule has 1 aromatic heterocycles. The van der Waals surface area contributed by atoms with Crippen LogP contribution in [0.15, 0.2) is 42.1 Å². The smallest absolute Gasteiger partial charge is 0.262 e. The Morgan fingerprint density at radius 2 is 1.68 bits per heavy atom. The summed E-state index contributed by atoms with van der Waals surface area (Å²) in [4.78, 5) is 13.1. The van der Waals surface area contributed by atoms with E-state index in [9.17, 15) is 10.1 Å². The largest absolute Gasteiger partial charge is 0.349 e. The van der Waals surface area contributed by atoms with Crippen molar-refractivity contribution in [1.29, 1.82) is 5.26 Å². The van der Waals surface area contributed by atoms with Crippen LogP contribution in [-0.2, 0) is 10.2 Å². The van der Waals surface area contributed by atoms with Crippen molar-refractivity contribution in [1.82, 2.24) is 15.1 Å². The molecule has 4 bridgehead atoms. The first-order chi connectivity index (χ1) is 16.6. The van der Waals surface area contributed by atoms with Crippen molar-refractivity contribution < 1.29 is 4.79 Å². The third-order valence-electron chi connectivity index (χ3n) is 8.91. The topological polar surface area (TPSA) is 70.7 Å². The molecule has 0 unspecified atom stereocenters. The molecule has 7 rings (SSSR count). The van der Waals surface area contributed by atoms with Gasteiger partial charge in [-0.25, -0.2) is 4.68 Å². The molecule has 0 spiro atoms. The fourth-order valence-electron chi connectivity index (χ4n) is 7.83. The lowest BCUT2D eigenvalue weighted by atomic mass is 9.48. The molecule has 34 heavy (non-hydrogen) atoms. The van der Waals surface area contributed by atoms with Gasteiger partial charge >= 0.3 is 0 Å². The van der Waals surface area contributed by atoms with E-state index in [1.165, 1.54) is 44.9 Å². The van der Waals surface area contributed by atoms with Gasteiger partial charge in [0.1, 0.15) is 11.6 Å². The van der Waals surface area contributed by atoms with Gasteiger partial charge in [0, 0.05) is 23.2 Å². The first kappa shape index (κ1) is 21.6. The number of rotatable bonds is 5. The van der Waals surface area contributed by atoms with Crippen molar-refractivity contribution in [3.8, 4) is 11.8 Å². The number of amides is 1. The number of benzene rings is 1. The highest BCUT2D eigenvalue weighted by atomic mass is 16.1. The van der Waals surface area contributed by atoms with E-state index in [0.29, 0.717) is 0 Å². The summed E-state index contributed by atoms with van der Waals surface area (Å²) in [5, 5.41) is 18.2. The SMILES string of the molecule is N#C/C(=C/c1cn(-c2ccccc2)nc1C12CC3CC(CC(C3)C1)C2)C(=O)NC1CCCCC1. The van der Waals surface area contributed by atoms with E-state index in [1.54, 1.807) is 0 Å². The molecule has 5 aliphatic rings. The van der Waals surface area contributed by atoms with Crippen molar-refractivity contribution >= 4 is 12.0 Å². The molecule has 1 heterocycles. The monoisotopic (exact) mass is 454 g/mol. The van der Waals surface area contributed by atoms with Crippen molar-refractivity contribution in [2.24, 2.45) is 17.8 Å². The molecule has 5 nitrogen and oxygen atoms in total. The lowest BCUT2D eigenvalue weighted by Gasteiger charge is -2.56. The van der Waals surface area contributed by atoms with Gasteiger partial charge in [0.2, 0.25) is 0 Å². The Morgan fingerprint density at radius 3 is 2.29 bits per heavy atom. The van der Waals surface area contributed by atoms with Crippen LogP contribution in [0.4, 0.5) is 0 Å². The fourth-order valence-corrected chi connectivity index (χ4v) is 7.83. The number of hydrogen-bond acceptors (Lipinski definition) is 3. The summed E-state index contributed by atoms with van der Waals surface area (Å²) in [6.45, 7) is 0. The van der Waals surface area contributed by atoms with Gasteiger partial charge in [-0.3, -0.25) is 4.79 Å². The summed E-state index contributed by atoms with van der Waals surface area (Å²) >= 11 is 0. The Labute approximate surface area is 202 Å². The summed E-state index contributed by atoms with van der Waals surface area (Å²) in [6.07, 6.45) is 17.1. The molecule has 1 aromatic carbocycles. The van der Waals surface area contributed by atoms with Crippen LogP contribution in [0.1, 0.15) is 81.9 Å². The molecule has 5 aliphatic carbocycles. The number of nitrogens with zero attached hydrogens (tertiary/aromatic N) is 3. The van der Waals surface area contributed by atoms with E-state index in [0.717, 1.165) is 60.4 Å². The number of nitrogens with one attached hydrogen (secondary N) is 1. The Hall–Kier alpha value is -2.87. The van der Waals surface area contributed by atoms with Crippen molar-refractivity contribution in [3.05, 3.63) is 53.4 Å². The molecular formula is C29H34N4O. The van der Waals surface area contributed by atoms with E-state index in [4.69, 9.17) is 5.10 Å². The lowest BCUT2D eigenvalue weighted by molar-refractivity contribution is -0.117. The maximum absolute atomic E-state index is 13.1. The number of nitriles is 1. The van der Waals surface area contributed by atoms with E-state index < -0.39 is 0 Å². The van der Waals surface area contributed by atoms with Crippen LogP contribution >= 0.6 is 0 Å². The molecule has 1 amide bonds. The summed E-state index contributed by atoms with van der Waals surface area (Å²) in [5.74, 6) is 2.17. The Balaban J connectivity index is 1.38. The molecule has 176 valence electrons. The number of para-hydroxylation sites is 1. The zero-order valence-electron chi connectivity index (χ0n) is 19.9. The van der Waals surface area contributed by atoms with Crippen molar-refractivity contribution in [2.45, 2.75) is 82.1 Å². The van der Waals surface area contributed by atoms with Crippen LogP contribution in [0.2, 0.25) is 0 Å². The van der Waals surface area contributed by atoms with Gasteiger partial charge in [0.15, 0.2) is 0 Å². The minimum atomic E-state index is -0.238. The third-order valence-corrected chi connectivity index (χ3v) is 8.91. The summed E-state index contributed by atoms with van der Waals surface area (Å²) < 4.78 is 1.95. The first-order valence-electron chi connectivity index (χ1n) is 13.2. The van der Waals surface area contributed by atoms with E-state index >= 15 is 0 Å². The summed E-state index contributed by atoms with van der Waals surface area (Å²) in [6, 6.07) is 12.6.